The second-order valence-electron chi connectivity index (χ2n) is 5.81. The van der Waals surface area contributed by atoms with E-state index in [1.165, 1.54) is 0 Å². The Morgan fingerprint density at radius 1 is 1.33 bits per heavy atom. The molecule has 2 rings (SSSR count). The number of nitrogens with one attached hydrogen (secondary N) is 1. The van der Waals surface area contributed by atoms with Gasteiger partial charge in [-0.3, -0.25) is 4.79 Å². The van der Waals surface area contributed by atoms with Crippen LogP contribution in [0.25, 0.3) is 0 Å². The molecule has 1 N–H and O–H groups in total. The van der Waals surface area contributed by atoms with Crippen molar-refractivity contribution in [3.63, 3.8) is 0 Å². The second kappa shape index (κ2) is 11.3. The number of hydrogen-bond acceptors (Lipinski definition) is 4. The standard InChI is InChI=1S/C18H28N2O3.ClH/c1-3-4-7-12-23-14-18(21)20-11-10-19-13-16(20)15-8-5-6-9-17(15)22-2;/h5-6,8-9,16,19H,3-4,7,10-14H2,1-2H3;1H. The van der Waals surface area contributed by atoms with Crippen molar-refractivity contribution in [1.29, 1.82) is 0 Å². The summed E-state index contributed by atoms with van der Waals surface area (Å²) in [7, 11) is 1.66. The van der Waals surface area contributed by atoms with Gasteiger partial charge in [0.2, 0.25) is 5.91 Å². The first-order valence-corrected chi connectivity index (χ1v) is 8.48. The topological polar surface area (TPSA) is 50.8 Å². The lowest BCUT2D eigenvalue weighted by molar-refractivity contribution is -0.139. The normalized spacial score (nSPS) is 17.2. The fraction of sp³-hybridized carbons (Fsp3) is 0.611. The van der Waals surface area contributed by atoms with Crippen LogP contribution >= 0.6 is 12.4 Å². The molecule has 0 radical (unpaired) electrons. The molecule has 1 atom stereocenters. The summed E-state index contributed by atoms with van der Waals surface area (Å²) in [6.45, 7) is 5.22. The van der Waals surface area contributed by atoms with Gasteiger partial charge in [-0.25, -0.2) is 0 Å². The summed E-state index contributed by atoms with van der Waals surface area (Å²) in [5.74, 6) is 0.877. The Morgan fingerprint density at radius 2 is 2.12 bits per heavy atom. The molecule has 6 heteroatoms. The van der Waals surface area contributed by atoms with Gasteiger partial charge in [0, 0.05) is 31.8 Å². The highest BCUT2D eigenvalue weighted by atomic mass is 35.5. The van der Waals surface area contributed by atoms with Gasteiger partial charge >= 0.3 is 0 Å². The Kier molecular flexibility index (Phi) is 9.76. The molecule has 1 heterocycles. The van der Waals surface area contributed by atoms with Crippen LogP contribution < -0.4 is 10.1 Å². The van der Waals surface area contributed by atoms with Crippen LogP contribution in [0, 0.1) is 0 Å². The van der Waals surface area contributed by atoms with Crippen LogP contribution in [0.5, 0.6) is 5.75 Å². The van der Waals surface area contributed by atoms with Gasteiger partial charge in [-0.1, -0.05) is 38.0 Å². The van der Waals surface area contributed by atoms with Crippen LogP contribution in [-0.4, -0.2) is 50.8 Å². The molecule has 1 aromatic rings. The fourth-order valence-corrected chi connectivity index (χ4v) is 2.92. The molecule has 0 spiro atoms. The van der Waals surface area contributed by atoms with E-state index < -0.39 is 0 Å². The van der Waals surface area contributed by atoms with Crippen molar-refractivity contribution in [2.24, 2.45) is 0 Å². The summed E-state index contributed by atoms with van der Waals surface area (Å²) in [6, 6.07) is 7.89. The summed E-state index contributed by atoms with van der Waals surface area (Å²) in [5.41, 5.74) is 1.04. The number of piperazine rings is 1. The van der Waals surface area contributed by atoms with Crippen molar-refractivity contribution in [2.45, 2.75) is 32.2 Å². The molecule has 0 aliphatic carbocycles. The van der Waals surface area contributed by atoms with Crippen molar-refractivity contribution in [3.8, 4) is 5.75 Å². The third-order valence-corrected chi connectivity index (χ3v) is 4.18. The molecule has 24 heavy (non-hydrogen) atoms. The summed E-state index contributed by atoms with van der Waals surface area (Å²) in [5, 5.41) is 3.36. The minimum atomic E-state index is -0.00774. The molecule has 0 saturated carbocycles. The highest BCUT2D eigenvalue weighted by molar-refractivity contribution is 5.85. The van der Waals surface area contributed by atoms with Gasteiger partial charge in [0.25, 0.3) is 0 Å². The number of rotatable bonds is 8. The van der Waals surface area contributed by atoms with E-state index in [9.17, 15) is 4.79 Å². The van der Waals surface area contributed by atoms with Gasteiger partial charge in [0.1, 0.15) is 12.4 Å². The molecule has 1 aliphatic rings. The summed E-state index contributed by atoms with van der Waals surface area (Å²) < 4.78 is 11.0. The molecule has 5 nitrogen and oxygen atoms in total. The Hall–Kier alpha value is -1.30. The average Bonchev–Trinajstić information content (AvgIpc) is 2.61. The monoisotopic (exact) mass is 356 g/mol. The average molecular weight is 357 g/mol. The zero-order valence-electron chi connectivity index (χ0n) is 14.6. The van der Waals surface area contributed by atoms with Gasteiger partial charge in [-0.15, -0.1) is 12.4 Å². The Labute approximate surface area is 151 Å². The molecule has 0 aromatic heterocycles. The van der Waals surface area contributed by atoms with E-state index in [1.54, 1.807) is 7.11 Å². The van der Waals surface area contributed by atoms with Crippen LogP contribution in [0.3, 0.4) is 0 Å². The maximum absolute atomic E-state index is 12.5. The summed E-state index contributed by atoms with van der Waals surface area (Å²) in [4.78, 5) is 14.5. The largest absolute Gasteiger partial charge is 0.496 e. The van der Waals surface area contributed by atoms with Crippen LogP contribution in [0.2, 0.25) is 0 Å². The van der Waals surface area contributed by atoms with Crippen molar-refractivity contribution in [3.05, 3.63) is 29.8 Å². The molecular weight excluding hydrogens is 328 g/mol. The summed E-state index contributed by atoms with van der Waals surface area (Å²) >= 11 is 0. The number of ether oxygens (including phenoxy) is 2. The first-order chi connectivity index (χ1) is 11.3. The number of para-hydroxylation sites is 1. The van der Waals surface area contributed by atoms with Crippen molar-refractivity contribution >= 4 is 18.3 Å². The fourth-order valence-electron chi connectivity index (χ4n) is 2.92. The van der Waals surface area contributed by atoms with Gasteiger partial charge in [0.05, 0.1) is 13.2 Å². The third kappa shape index (κ3) is 5.65. The lowest BCUT2D eigenvalue weighted by atomic mass is 10.0. The number of carbonyl (C=O) groups excluding carboxylic acids is 1. The maximum atomic E-state index is 12.5. The number of hydrogen-bond donors (Lipinski definition) is 1. The predicted molar refractivity (Wildman–Crippen MR) is 97.9 cm³/mol. The van der Waals surface area contributed by atoms with Gasteiger partial charge in [0.15, 0.2) is 0 Å². The highest BCUT2D eigenvalue weighted by Crippen LogP contribution is 2.30. The first-order valence-electron chi connectivity index (χ1n) is 8.48. The number of amides is 1. The molecule has 1 aromatic carbocycles. The highest BCUT2D eigenvalue weighted by Gasteiger charge is 2.29. The number of benzene rings is 1. The Balaban J connectivity index is 0.00000288. The second-order valence-corrected chi connectivity index (χ2v) is 5.81. The maximum Gasteiger partial charge on any atom is 0.249 e. The van der Waals surface area contributed by atoms with Gasteiger partial charge in [-0.05, 0) is 12.5 Å². The number of unbranched alkanes of at least 4 members (excludes halogenated alkanes) is 2. The van der Waals surface area contributed by atoms with Crippen molar-refractivity contribution in [1.82, 2.24) is 10.2 Å². The Morgan fingerprint density at radius 3 is 2.88 bits per heavy atom. The van der Waals surface area contributed by atoms with Crippen LogP contribution in [0.4, 0.5) is 0 Å². The van der Waals surface area contributed by atoms with E-state index >= 15 is 0 Å². The van der Waals surface area contributed by atoms with Crippen molar-refractivity contribution < 1.29 is 14.3 Å². The number of halogens is 1. The first kappa shape index (κ1) is 20.7. The van der Waals surface area contributed by atoms with E-state index in [2.05, 4.69) is 12.2 Å². The molecule has 1 aliphatic heterocycles. The minimum Gasteiger partial charge on any atom is -0.496 e. The van der Waals surface area contributed by atoms with E-state index in [4.69, 9.17) is 9.47 Å². The molecule has 0 bridgehead atoms. The number of carbonyl (C=O) groups is 1. The quantitative estimate of drug-likeness (QED) is 0.728. The lowest BCUT2D eigenvalue weighted by Gasteiger charge is -2.37. The van der Waals surface area contributed by atoms with E-state index in [-0.39, 0.29) is 31.0 Å². The zero-order chi connectivity index (χ0) is 16.5. The van der Waals surface area contributed by atoms with Crippen LogP contribution in [0.15, 0.2) is 24.3 Å². The predicted octanol–water partition coefficient (Wildman–Crippen LogP) is 2.80. The molecular formula is C18H29ClN2O3. The third-order valence-electron chi connectivity index (χ3n) is 4.18. The smallest absolute Gasteiger partial charge is 0.249 e. The lowest BCUT2D eigenvalue weighted by Crippen LogP contribution is -2.49. The van der Waals surface area contributed by atoms with Gasteiger partial charge < -0.3 is 19.7 Å². The minimum absolute atomic E-state index is 0. The van der Waals surface area contributed by atoms with Crippen LogP contribution in [0.1, 0.15) is 37.8 Å². The van der Waals surface area contributed by atoms with Crippen molar-refractivity contribution in [2.75, 3.05) is 40.0 Å². The van der Waals surface area contributed by atoms with E-state index in [0.717, 1.165) is 43.7 Å². The van der Waals surface area contributed by atoms with E-state index in [0.29, 0.717) is 13.2 Å². The van der Waals surface area contributed by atoms with Crippen LogP contribution in [-0.2, 0) is 9.53 Å². The zero-order valence-corrected chi connectivity index (χ0v) is 15.4. The molecule has 136 valence electrons. The van der Waals surface area contributed by atoms with E-state index in [1.807, 2.05) is 29.2 Å². The molecule has 1 unspecified atom stereocenters. The number of nitrogens with zero attached hydrogens (tertiary/aromatic N) is 1. The van der Waals surface area contributed by atoms with Gasteiger partial charge in [-0.2, -0.15) is 0 Å². The molecule has 1 fully saturated rings. The summed E-state index contributed by atoms with van der Waals surface area (Å²) in [6.07, 6.45) is 3.32. The Bertz CT molecular complexity index is 499. The SMILES string of the molecule is CCCCCOCC(=O)N1CCNCC1c1ccccc1OC.Cl. The number of methoxy groups -OCH3 is 1. The molecule has 1 saturated heterocycles. The molecule has 1 amide bonds.